The van der Waals surface area contributed by atoms with Crippen LogP contribution in [-0.2, 0) is 9.16 Å². The molecule has 2 aromatic rings. The fourth-order valence-corrected chi connectivity index (χ4v) is 7.32. The van der Waals surface area contributed by atoms with E-state index in [1.807, 2.05) is 22.7 Å². The third kappa shape index (κ3) is 5.14. The van der Waals surface area contributed by atoms with Crippen molar-refractivity contribution >= 4 is 40.7 Å². The summed E-state index contributed by atoms with van der Waals surface area (Å²) in [6.07, 6.45) is 3.28. The highest BCUT2D eigenvalue weighted by Gasteiger charge is 2.19. The lowest BCUT2D eigenvalue weighted by molar-refractivity contribution is 0.127. The Morgan fingerprint density at radius 1 is 0.950 bits per heavy atom. The summed E-state index contributed by atoms with van der Waals surface area (Å²) in [6.45, 7) is 4.73. The van der Waals surface area contributed by atoms with Crippen LogP contribution in [0.4, 0.5) is 0 Å². The fourth-order valence-electron chi connectivity index (χ4n) is 1.94. The molecule has 2 heterocycles. The Hall–Kier alpha value is -0.463. The van der Waals surface area contributed by atoms with E-state index in [0.717, 1.165) is 39.1 Å². The number of hydrogen-bond acceptors (Lipinski definition) is 4. The maximum Gasteiger partial charge on any atom is 0.259 e. The Bertz CT molecular complexity index is 408. The lowest BCUT2D eigenvalue weighted by atomic mass is 10.3. The zero-order chi connectivity index (χ0) is 14.0. The van der Waals surface area contributed by atoms with Crippen LogP contribution >= 0.6 is 22.7 Å². The van der Waals surface area contributed by atoms with Gasteiger partial charge in [0.2, 0.25) is 0 Å². The number of rotatable bonds is 10. The predicted molar refractivity (Wildman–Crippen MR) is 91.4 cm³/mol. The first kappa shape index (κ1) is 15.9. The number of unbranched alkanes of at least 4 members (excludes halogenated alkanes) is 1. The molecule has 2 rings (SSSR count). The molecule has 0 N–H and O–H groups in total. The molecule has 0 spiro atoms. The van der Waals surface area contributed by atoms with E-state index in [1.54, 1.807) is 0 Å². The Morgan fingerprint density at radius 3 is 2.15 bits per heavy atom. The van der Waals surface area contributed by atoms with E-state index in [-0.39, 0.29) is 0 Å². The van der Waals surface area contributed by atoms with Crippen molar-refractivity contribution in [2.45, 2.75) is 26.2 Å². The topological polar surface area (TPSA) is 18.5 Å². The van der Waals surface area contributed by atoms with E-state index in [4.69, 9.17) is 9.16 Å². The van der Waals surface area contributed by atoms with Crippen LogP contribution in [0.2, 0.25) is 0 Å². The van der Waals surface area contributed by atoms with Gasteiger partial charge in [-0.25, -0.2) is 0 Å². The molecule has 0 fully saturated rings. The van der Waals surface area contributed by atoms with E-state index >= 15 is 0 Å². The van der Waals surface area contributed by atoms with E-state index in [1.165, 1.54) is 9.00 Å². The van der Waals surface area contributed by atoms with Crippen LogP contribution in [0.25, 0.3) is 0 Å². The van der Waals surface area contributed by atoms with Gasteiger partial charge in [-0.05, 0) is 42.2 Å². The summed E-state index contributed by atoms with van der Waals surface area (Å²) in [5.41, 5.74) is 0. The SMILES string of the molecule is CCCOCCCCO[SiH](c1cccs1)c1cccs1. The van der Waals surface area contributed by atoms with Crippen molar-refractivity contribution < 1.29 is 9.16 Å². The quantitative estimate of drug-likeness (QED) is 0.494. The van der Waals surface area contributed by atoms with Gasteiger partial charge < -0.3 is 9.16 Å². The molecule has 0 radical (unpaired) electrons. The molecule has 20 heavy (non-hydrogen) atoms. The van der Waals surface area contributed by atoms with Crippen molar-refractivity contribution in [1.29, 1.82) is 0 Å². The zero-order valence-electron chi connectivity index (χ0n) is 11.9. The van der Waals surface area contributed by atoms with Crippen LogP contribution in [0.15, 0.2) is 35.0 Å². The molecule has 2 nitrogen and oxygen atoms in total. The summed E-state index contributed by atoms with van der Waals surface area (Å²) in [4.78, 5) is 0. The normalized spacial score (nSPS) is 11.3. The van der Waals surface area contributed by atoms with Gasteiger partial charge in [-0.1, -0.05) is 19.1 Å². The predicted octanol–water partition coefficient (Wildman–Crippen LogP) is 2.87. The van der Waals surface area contributed by atoms with Crippen LogP contribution < -0.4 is 9.00 Å². The Labute approximate surface area is 131 Å². The monoisotopic (exact) mass is 326 g/mol. The van der Waals surface area contributed by atoms with Crippen LogP contribution in [0.1, 0.15) is 26.2 Å². The smallest absolute Gasteiger partial charge is 0.259 e. The minimum atomic E-state index is -1.42. The Morgan fingerprint density at radius 2 is 1.60 bits per heavy atom. The summed E-state index contributed by atoms with van der Waals surface area (Å²) in [7, 11) is -1.42. The fraction of sp³-hybridized carbons (Fsp3) is 0.467. The van der Waals surface area contributed by atoms with E-state index in [2.05, 4.69) is 41.9 Å². The summed E-state index contributed by atoms with van der Waals surface area (Å²) in [5, 5.41) is 4.29. The molecule has 2 aromatic heterocycles. The van der Waals surface area contributed by atoms with Gasteiger partial charge in [-0.2, -0.15) is 22.7 Å². The molecular formula is C15H22O2S2Si. The highest BCUT2D eigenvalue weighted by molar-refractivity contribution is 7.29. The zero-order valence-corrected chi connectivity index (χ0v) is 14.7. The Kier molecular flexibility index (Phi) is 7.54. The molecule has 0 aliphatic rings. The first-order valence-corrected chi connectivity index (χ1v) is 10.6. The van der Waals surface area contributed by atoms with Crippen molar-refractivity contribution in [3.63, 3.8) is 0 Å². The van der Waals surface area contributed by atoms with Gasteiger partial charge >= 0.3 is 0 Å². The molecule has 0 amide bonds. The van der Waals surface area contributed by atoms with Crippen molar-refractivity contribution in [2.75, 3.05) is 19.8 Å². The standard InChI is InChI=1S/C15H22O2S2Si/c1-2-9-16-10-3-4-11-17-20(14-7-5-12-18-14)15-8-6-13-19-15/h5-8,12-13,20H,2-4,9-11H2,1H3. The molecule has 0 aromatic carbocycles. The highest BCUT2D eigenvalue weighted by atomic mass is 32.1. The molecule has 0 bridgehead atoms. The Balaban J connectivity index is 1.75. The number of ether oxygens (including phenoxy) is 1. The van der Waals surface area contributed by atoms with Gasteiger partial charge in [-0.15, -0.1) is 0 Å². The molecule has 0 unspecified atom stereocenters. The van der Waals surface area contributed by atoms with E-state index < -0.39 is 9.04 Å². The van der Waals surface area contributed by atoms with Gasteiger partial charge in [-0.3, -0.25) is 0 Å². The molecule has 0 atom stereocenters. The first-order valence-electron chi connectivity index (χ1n) is 7.18. The van der Waals surface area contributed by atoms with Gasteiger partial charge in [0, 0.05) is 28.8 Å². The van der Waals surface area contributed by atoms with Gasteiger partial charge in [0.05, 0.1) is 0 Å². The molecule has 0 saturated carbocycles. The summed E-state index contributed by atoms with van der Waals surface area (Å²) >= 11 is 3.65. The molecule has 0 aliphatic carbocycles. The van der Waals surface area contributed by atoms with E-state index in [0.29, 0.717) is 0 Å². The van der Waals surface area contributed by atoms with Crippen LogP contribution in [0.3, 0.4) is 0 Å². The minimum absolute atomic E-state index is 0.849. The van der Waals surface area contributed by atoms with Crippen molar-refractivity contribution in [1.82, 2.24) is 0 Å². The summed E-state index contributed by atoms with van der Waals surface area (Å²) in [5.74, 6) is 0. The van der Waals surface area contributed by atoms with E-state index in [9.17, 15) is 0 Å². The maximum absolute atomic E-state index is 6.24. The maximum atomic E-state index is 6.24. The first-order chi connectivity index (χ1) is 9.92. The van der Waals surface area contributed by atoms with Crippen LogP contribution in [-0.4, -0.2) is 28.9 Å². The van der Waals surface area contributed by atoms with Crippen LogP contribution in [0, 0.1) is 0 Å². The second-order valence-electron chi connectivity index (χ2n) is 4.60. The average molecular weight is 327 g/mol. The van der Waals surface area contributed by atoms with Crippen molar-refractivity contribution in [2.24, 2.45) is 0 Å². The number of hydrogen-bond donors (Lipinski definition) is 0. The lowest BCUT2D eigenvalue weighted by Crippen LogP contribution is -2.42. The molecule has 110 valence electrons. The van der Waals surface area contributed by atoms with Crippen molar-refractivity contribution in [3.05, 3.63) is 35.0 Å². The van der Waals surface area contributed by atoms with Gasteiger partial charge in [0.15, 0.2) is 0 Å². The largest absolute Gasteiger partial charge is 0.409 e. The number of thiophene rings is 2. The molecular weight excluding hydrogens is 304 g/mol. The third-order valence-electron chi connectivity index (χ3n) is 2.92. The second kappa shape index (κ2) is 9.47. The van der Waals surface area contributed by atoms with Crippen LogP contribution in [0.5, 0.6) is 0 Å². The van der Waals surface area contributed by atoms with Gasteiger partial charge in [0.1, 0.15) is 0 Å². The summed E-state index contributed by atoms with van der Waals surface area (Å²) < 4.78 is 14.6. The third-order valence-corrected chi connectivity index (χ3v) is 8.41. The average Bonchev–Trinajstić information content (AvgIpc) is 3.14. The second-order valence-corrected chi connectivity index (χ2v) is 9.73. The van der Waals surface area contributed by atoms with Crippen molar-refractivity contribution in [3.8, 4) is 0 Å². The minimum Gasteiger partial charge on any atom is -0.409 e. The molecule has 0 saturated heterocycles. The summed E-state index contributed by atoms with van der Waals surface area (Å²) in [6, 6.07) is 8.67. The molecule has 0 aliphatic heterocycles. The van der Waals surface area contributed by atoms with Gasteiger partial charge in [0.25, 0.3) is 9.04 Å². The molecule has 5 heteroatoms. The lowest BCUT2D eigenvalue weighted by Gasteiger charge is -2.13. The highest BCUT2D eigenvalue weighted by Crippen LogP contribution is 2.04.